The van der Waals surface area contributed by atoms with Gasteiger partial charge in [0.2, 0.25) is 0 Å². The first-order valence-electron chi connectivity index (χ1n) is 6.11. The number of hydrogen-bond donors (Lipinski definition) is 0. The van der Waals surface area contributed by atoms with Crippen molar-refractivity contribution in [2.75, 3.05) is 0 Å². The Morgan fingerprint density at radius 1 is 1.07 bits per heavy atom. The lowest BCUT2D eigenvalue weighted by atomic mass is 9.85. The molecule has 1 saturated carbocycles. The van der Waals surface area contributed by atoms with Crippen LogP contribution >= 0.6 is 0 Å². The summed E-state index contributed by atoms with van der Waals surface area (Å²) >= 11 is 0. The molecule has 1 aromatic carbocycles. The summed E-state index contributed by atoms with van der Waals surface area (Å²) in [5.74, 6) is 0.911. The van der Waals surface area contributed by atoms with E-state index in [9.17, 15) is 0 Å². The molecule has 1 nitrogen and oxygen atoms in total. The molecule has 80 valence electrons. The monoisotopic (exact) mass is 202 g/mol. The van der Waals surface area contributed by atoms with E-state index in [1.165, 1.54) is 37.7 Å². The maximum atomic E-state index is 5.56. The summed E-state index contributed by atoms with van der Waals surface area (Å²) in [6.45, 7) is 0. The van der Waals surface area contributed by atoms with Crippen LogP contribution in [0, 0.1) is 5.92 Å². The van der Waals surface area contributed by atoms with Crippen LogP contribution in [0.3, 0.4) is 0 Å². The van der Waals surface area contributed by atoms with E-state index < -0.39 is 0 Å². The molecule has 3 unspecified atom stereocenters. The van der Waals surface area contributed by atoms with Crippen molar-refractivity contribution in [1.29, 1.82) is 0 Å². The number of benzene rings is 1. The largest absolute Gasteiger partial charge is 0.370 e. The first-order valence-corrected chi connectivity index (χ1v) is 6.11. The normalized spacial score (nSPS) is 33.5. The zero-order valence-corrected chi connectivity index (χ0v) is 9.06. The molecule has 3 atom stereocenters. The zero-order valence-electron chi connectivity index (χ0n) is 9.06. The minimum absolute atomic E-state index is 0.638. The smallest absolute Gasteiger partial charge is 0.0844 e. The highest BCUT2D eigenvalue weighted by Gasteiger charge is 2.43. The highest BCUT2D eigenvalue weighted by molar-refractivity contribution is 5.14. The van der Waals surface area contributed by atoms with E-state index in [-0.39, 0.29) is 0 Å². The van der Waals surface area contributed by atoms with Gasteiger partial charge in [0.15, 0.2) is 0 Å². The van der Waals surface area contributed by atoms with Crippen molar-refractivity contribution in [2.24, 2.45) is 5.92 Å². The molecule has 15 heavy (non-hydrogen) atoms. The maximum absolute atomic E-state index is 5.56. The second-order valence-corrected chi connectivity index (χ2v) is 4.92. The van der Waals surface area contributed by atoms with Crippen molar-refractivity contribution in [1.82, 2.24) is 0 Å². The molecular formula is C14H18O. The topological polar surface area (TPSA) is 12.5 Å². The Kier molecular flexibility index (Phi) is 2.49. The maximum Gasteiger partial charge on any atom is 0.0844 e. The average Bonchev–Trinajstić information content (AvgIpc) is 3.06. The summed E-state index contributed by atoms with van der Waals surface area (Å²) in [5, 5.41) is 0. The predicted molar refractivity (Wildman–Crippen MR) is 60.8 cm³/mol. The molecule has 0 radical (unpaired) electrons. The first-order chi connectivity index (χ1) is 7.42. The molecule has 2 aliphatic rings. The van der Waals surface area contributed by atoms with E-state index >= 15 is 0 Å². The third kappa shape index (κ3) is 2.23. The van der Waals surface area contributed by atoms with Gasteiger partial charge < -0.3 is 4.74 Å². The van der Waals surface area contributed by atoms with E-state index in [4.69, 9.17) is 4.74 Å². The quantitative estimate of drug-likeness (QED) is 0.686. The lowest BCUT2D eigenvalue weighted by Gasteiger charge is -2.18. The van der Waals surface area contributed by atoms with Gasteiger partial charge >= 0.3 is 0 Å². The van der Waals surface area contributed by atoms with Crippen LogP contribution in [-0.4, -0.2) is 12.2 Å². The SMILES string of the molecule is c1ccc(CCC2CCC3OC3C2)cc1. The fourth-order valence-corrected chi connectivity index (χ4v) is 2.76. The van der Waals surface area contributed by atoms with E-state index in [2.05, 4.69) is 30.3 Å². The number of aryl methyl sites for hydroxylation is 1. The Morgan fingerprint density at radius 2 is 1.93 bits per heavy atom. The summed E-state index contributed by atoms with van der Waals surface area (Å²) < 4.78 is 5.56. The van der Waals surface area contributed by atoms with Crippen LogP contribution in [0.15, 0.2) is 30.3 Å². The van der Waals surface area contributed by atoms with E-state index in [0.29, 0.717) is 12.2 Å². The van der Waals surface area contributed by atoms with Crippen molar-refractivity contribution in [3.63, 3.8) is 0 Å². The minimum atomic E-state index is 0.638. The lowest BCUT2D eigenvalue weighted by molar-refractivity contribution is 0.352. The van der Waals surface area contributed by atoms with Gasteiger partial charge in [0.25, 0.3) is 0 Å². The molecule has 2 fully saturated rings. The third-order valence-corrected chi connectivity index (χ3v) is 3.80. The standard InChI is InChI=1S/C14H18O/c1-2-4-11(5-3-1)6-7-12-8-9-13-14(10-12)15-13/h1-5,12-14H,6-10H2. The Labute approximate surface area is 91.5 Å². The molecule has 1 saturated heterocycles. The van der Waals surface area contributed by atoms with Crippen molar-refractivity contribution < 1.29 is 4.74 Å². The summed E-state index contributed by atoms with van der Waals surface area (Å²) in [4.78, 5) is 0. The Hall–Kier alpha value is -0.820. The van der Waals surface area contributed by atoms with Crippen molar-refractivity contribution in [2.45, 2.75) is 44.3 Å². The second-order valence-electron chi connectivity index (χ2n) is 4.92. The van der Waals surface area contributed by atoms with E-state index in [0.717, 1.165) is 5.92 Å². The van der Waals surface area contributed by atoms with Crippen LogP contribution in [0.4, 0.5) is 0 Å². The number of rotatable bonds is 3. The number of hydrogen-bond acceptors (Lipinski definition) is 1. The molecule has 1 heterocycles. The molecule has 1 aromatic rings. The van der Waals surface area contributed by atoms with E-state index in [1.54, 1.807) is 0 Å². The predicted octanol–water partition coefficient (Wildman–Crippen LogP) is 3.19. The highest BCUT2D eigenvalue weighted by Crippen LogP contribution is 2.40. The minimum Gasteiger partial charge on any atom is -0.370 e. The summed E-state index contributed by atoms with van der Waals surface area (Å²) in [6, 6.07) is 10.8. The Morgan fingerprint density at radius 3 is 2.73 bits per heavy atom. The van der Waals surface area contributed by atoms with Crippen LogP contribution in [0.2, 0.25) is 0 Å². The van der Waals surface area contributed by atoms with Gasteiger partial charge in [0.05, 0.1) is 12.2 Å². The molecular weight excluding hydrogens is 184 g/mol. The van der Waals surface area contributed by atoms with Crippen LogP contribution in [0.5, 0.6) is 0 Å². The molecule has 3 rings (SSSR count). The molecule has 0 spiro atoms. The molecule has 0 amide bonds. The second kappa shape index (κ2) is 3.97. The summed E-state index contributed by atoms with van der Waals surface area (Å²) in [5.41, 5.74) is 1.48. The summed E-state index contributed by atoms with van der Waals surface area (Å²) in [6.07, 6.45) is 7.88. The van der Waals surface area contributed by atoms with Crippen molar-refractivity contribution >= 4 is 0 Å². The number of epoxide rings is 1. The van der Waals surface area contributed by atoms with Gasteiger partial charge in [-0.05, 0) is 43.6 Å². The zero-order chi connectivity index (χ0) is 10.1. The first kappa shape index (κ1) is 9.41. The molecule has 1 aliphatic carbocycles. The van der Waals surface area contributed by atoms with E-state index in [1.807, 2.05) is 0 Å². The van der Waals surface area contributed by atoms with Crippen molar-refractivity contribution in [3.8, 4) is 0 Å². The van der Waals surface area contributed by atoms with Gasteiger partial charge in [0.1, 0.15) is 0 Å². The molecule has 1 aliphatic heterocycles. The fourth-order valence-electron chi connectivity index (χ4n) is 2.76. The average molecular weight is 202 g/mol. The number of ether oxygens (including phenoxy) is 1. The number of fused-ring (bicyclic) bond motifs is 1. The van der Waals surface area contributed by atoms with Crippen LogP contribution < -0.4 is 0 Å². The van der Waals surface area contributed by atoms with Gasteiger partial charge in [-0.1, -0.05) is 30.3 Å². The Balaban J connectivity index is 1.49. The molecule has 0 N–H and O–H groups in total. The molecule has 1 heteroatoms. The van der Waals surface area contributed by atoms with Crippen LogP contribution in [0.1, 0.15) is 31.2 Å². The van der Waals surface area contributed by atoms with Gasteiger partial charge in [0, 0.05) is 0 Å². The highest BCUT2D eigenvalue weighted by atomic mass is 16.6. The van der Waals surface area contributed by atoms with Gasteiger partial charge in [-0.15, -0.1) is 0 Å². The fraction of sp³-hybridized carbons (Fsp3) is 0.571. The van der Waals surface area contributed by atoms with Gasteiger partial charge in [-0.25, -0.2) is 0 Å². The molecule has 0 bridgehead atoms. The van der Waals surface area contributed by atoms with Crippen LogP contribution in [0.25, 0.3) is 0 Å². The molecule has 0 aromatic heterocycles. The summed E-state index contributed by atoms with van der Waals surface area (Å²) in [7, 11) is 0. The Bertz CT molecular complexity index is 319. The third-order valence-electron chi connectivity index (χ3n) is 3.80. The van der Waals surface area contributed by atoms with Gasteiger partial charge in [-0.2, -0.15) is 0 Å². The van der Waals surface area contributed by atoms with Crippen molar-refractivity contribution in [3.05, 3.63) is 35.9 Å². The van der Waals surface area contributed by atoms with Crippen LogP contribution in [-0.2, 0) is 11.2 Å². The van der Waals surface area contributed by atoms with Gasteiger partial charge in [-0.3, -0.25) is 0 Å². The lowest BCUT2D eigenvalue weighted by Crippen LogP contribution is -2.13.